The van der Waals surface area contributed by atoms with Crippen molar-refractivity contribution in [2.24, 2.45) is 0 Å². The van der Waals surface area contributed by atoms with Gasteiger partial charge in [-0.15, -0.1) is 11.3 Å². The maximum atomic E-state index is 14.2. The van der Waals surface area contributed by atoms with Gasteiger partial charge in [-0.25, -0.2) is 21.8 Å². The number of nitrogens with zero attached hydrogens (tertiary/aromatic N) is 2. The summed E-state index contributed by atoms with van der Waals surface area (Å²) in [5.74, 6) is -1.70. The minimum Gasteiger partial charge on any atom is -0.493 e. The van der Waals surface area contributed by atoms with Gasteiger partial charge in [0.05, 0.1) is 25.3 Å². The van der Waals surface area contributed by atoms with Crippen molar-refractivity contribution >= 4 is 29.0 Å². The molecular weight excluding hydrogens is 611 g/mol. The highest BCUT2D eigenvalue weighted by atomic mass is 32.2. The molecular formula is C27H20F2N3O7PS2. The van der Waals surface area contributed by atoms with E-state index in [1.807, 2.05) is 0 Å². The molecule has 0 saturated carbocycles. The molecule has 0 atom stereocenters. The Kier molecular flexibility index (Phi) is 9.14. The van der Waals surface area contributed by atoms with Crippen LogP contribution in [0.5, 0.6) is 23.0 Å². The van der Waals surface area contributed by atoms with Crippen molar-refractivity contribution in [1.29, 1.82) is 10.5 Å². The molecule has 0 unspecified atom stereocenters. The van der Waals surface area contributed by atoms with Gasteiger partial charge in [-0.3, -0.25) is 0 Å². The molecule has 0 fully saturated rings. The lowest BCUT2D eigenvalue weighted by atomic mass is 10.1. The van der Waals surface area contributed by atoms with Crippen LogP contribution in [-0.2, 0) is 14.6 Å². The van der Waals surface area contributed by atoms with Crippen LogP contribution in [-0.4, -0.2) is 28.9 Å². The molecule has 216 valence electrons. The average Bonchev–Trinajstić information content (AvgIpc) is 3.48. The first-order valence-corrected chi connectivity index (χ1v) is 15.7. The zero-order valence-electron chi connectivity index (χ0n) is 21.8. The number of halogens is 2. The van der Waals surface area contributed by atoms with Crippen LogP contribution in [0.4, 0.5) is 8.78 Å². The molecule has 15 heteroatoms. The van der Waals surface area contributed by atoms with Crippen molar-refractivity contribution in [3.8, 4) is 45.6 Å². The number of methoxy groups -OCH3 is 2. The fourth-order valence-electron chi connectivity index (χ4n) is 3.54. The summed E-state index contributed by atoms with van der Waals surface area (Å²) < 4.78 is 91.7. The van der Waals surface area contributed by atoms with E-state index in [2.05, 4.69) is 4.72 Å². The van der Waals surface area contributed by atoms with Gasteiger partial charge in [-0.2, -0.15) is 15.2 Å². The highest BCUT2D eigenvalue weighted by molar-refractivity contribution is 7.92. The van der Waals surface area contributed by atoms with Crippen LogP contribution in [0, 0.1) is 34.3 Å². The summed E-state index contributed by atoms with van der Waals surface area (Å²) in [5, 5.41) is 17.9. The molecule has 10 nitrogen and oxygen atoms in total. The number of hydrogen-bond donors (Lipinski definition) is 1. The molecule has 0 spiro atoms. The van der Waals surface area contributed by atoms with Crippen LogP contribution in [0.2, 0.25) is 0 Å². The molecule has 0 amide bonds. The van der Waals surface area contributed by atoms with Gasteiger partial charge < -0.3 is 18.5 Å². The van der Waals surface area contributed by atoms with Crippen molar-refractivity contribution in [1.82, 2.24) is 4.72 Å². The second kappa shape index (κ2) is 12.6. The number of sulfonamides is 1. The van der Waals surface area contributed by atoms with E-state index in [0.717, 1.165) is 47.7 Å². The molecule has 3 aromatic carbocycles. The Bertz CT molecular complexity index is 1820. The van der Waals surface area contributed by atoms with E-state index in [0.29, 0.717) is 21.9 Å². The highest BCUT2D eigenvalue weighted by Gasteiger charge is 2.32. The van der Waals surface area contributed by atoms with Crippen LogP contribution in [0.1, 0.15) is 11.1 Å². The molecule has 1 N–H and O–H groups in total. The van der Waals surface area contributed by atoms with Gasteiger partial charge in [0.2, 0.25) is 0 Å². The summed E-state index contributed by atoms with van der Waals surface area (Å²) in [7, 11) is -5.88. The summed E-state index contributed by atoms with van der Waals surface area (Å²) >= 11 is 0.918. The van der Waals surface area contributed by atoms with Crippen LogP contribution in [0.3, 0.4) is 0 Å². The van der Waals surface area contributed by atoms with Gasteiger partial charge in [-0.05, 0) is 60.2 Å². The maximum Gasteiger partial charge on any atom is 0.445 e. The van der Waals surface area contributed by atoms with Crippen molar-refractivity contribution in [2.75, 3.05) is 20.5 Å². The smallest absolute Gasteiger partial charge is 0.445 e. The topological polar surface area (TPSA) is 148 Å². The van der Waals surface area contributed by atoms with Crippen molar-refractivity contribution in [3.63, 3.8) is 0 Å². The Balaban J connectivity index is 1.61. The first kappa shape index (κ1) is 30.5. The Hall–Kier alpha value is -4.46. The molecule has 0 aliphatic rings. The third-order valence-electron chi connectivity index (χ3n) is 5.57. The third-order valence-corrected chi connectivity index (χ3v) is 10.3. The van der Waals surface area contributed by atoms with Crippen LogP contribution in [0.15, 0.2) is 70.9 Å². The van der Waals surface area contributed by atoms with E-state index in [-0.39, 0.29) is 26.8 Å². The molecule has 0 aliphatic carbocycles. The van der Waals surface area contributed by atoms with Crippen LogP contribution >= 0.6 is 18.9 Å². The molecule has 4 aromatic rings. The predicted octanol–water partition coefficient (Wildman–Crippen LogP) is 6.04. The SMILES string of the molecule is COc1ccc(-c2ccc(S(=O)(=O)NCP(=O)(Oc3ccc(C#N)c(F)c3)Oc3ccc(C#N)c(F)c3)s2)cc1OC. The first-order chi connectivity index (χ1) is 20.0. The largest absolute Gasteiger partial charge is 0.493 e. The Labute approximate surface area is 243 Å². The van der Waals surface area contributed by atoms with Crippen molar-refractivity contribution < 1.29 is 40.3 Å². The molecule has 0 radical (unpaired) electrons. The summed E-state index contributed by atoms with van der Waals surface area (Å²) in [4.78, 5) is 0.577. The Morgan fingerprint density at radius 2 is 1.40 bits per heavy atom. The molecule has 0 saturated heterocycles. The van der Waals surface area contributed by atoms with Gasteiger partial charge in [0.15, 0.2) is 11.5 Å². The predicted molar refractivity (Wildman–Crippen MR) is 149 cm³/mol. The first-order valence-electron chi connectivity index (χ1n) is 11.7. The lowest BCUT2D eigenvalue weighted by Crippen LogP contribution is -2.26. The molecule has 1 heterocycles. The van der Waals surface area contributed by atoms with E-state index in [4.69, 9.17) is 29.0 Å². The summed E-state index contributed by atoms with van der Waals surface area (Å²) in [6.07, 6.45) is -0.942. The zero-order valence-corrected chi connectivity index (χ0v) is 24.4. The molecule has 4 rings (SSSR count). The van der Waals surface area contributed by atoms with Gasteiger partial charge in [0.25, 0.3) is 10.0 Å². The number of nitriles is 2. The minimum absolute atomic E-state index is 0.132. The molecule has 42 heavy (non-hydrogen) atoms. The van der Waals surface area contributed by atoms with Crippen molar-refractivity contribution in [3.05, 3.63) is 89.5 Å². The zero-order chi connectivity index (χ0) is 30.5. The van der Waals surface area contributed by atoms with Gasteiger partial charge in [0.1, 0.15) is 45.8 Å². The number of benzene rings is 3. The monoisotopic (exact) mass is 631 g/mol. The quantitative estimate of drug-likeness (QED) is 0.196. The van der Waals surface area contributed by atoms with E-state index < -0.39 is 35.5 Å². The van der Waals surface area contributed by atoms with E-state index in [1.165, 1.54) is 20.3 Å². The van der Waals surface area contributed by atoms with E-state index >= 15 is 0 Å². The standard InChI is InChI=1S/C27H20F2N3O7PS2/c1-36-24-8-5-17(11-25(24)37-2)26-9-10-27(41-26)42(34,35)32-16-40(33,38-20-6-3-18(14-30)22(28)12-20)39-21-7-4-19(15-31)23(29)13-21/h3-13,32H,16H2,1-2H3. The second-order valence-electron chi connectivity index (χ2n) is 8.29. The van der Waals surface area contributed by atoms with Gasteiger partial charge in [0, 0.05) is 17.0 Å². The van der Waals surface area contributed by atoms with E-state index in [9.17, 15) is 21.8 Å². The number of nitrogens with one attached hydrogen (secondary N) is 1. The van der Waals surface area contributed by atoms with Crippen LogP contribution < -0.4 is 23.2 Å². The maximum absolute atomic E-state index is 14.2. The summed E-state index contributed by atoms with van der Waals surface area (Å²) in [6, 6.07) is 17.2. The fourth-order valence-corrected chi connectivity index (χ4v) is 7.89. The summed E-state index contributed by atoms with van der Waals surface area (Å²) in [6.45, 7) is 0. The number of ether oxygens (including phenoxy) is 2. The lowest BCUT2D eigenvalue weighted by Gasteiger charge is -2.20. The molecule has 0 aliphatic heterocycles. The number of hydrogen-bond acceptors (Lipinski definition) is 10. The number of rotatable bonds is 11. The van der Waals surface area contributed by atoms with Gasteiger partial charge >= 0.3 is 7.60 Å². The number of thiophene rings is 1. The minimum atomic E-state index is -4.55. The normalized spacial score (nSPS) is 11.3. The summed E-state index contributed by atoms with van der Waals surface area (Å²) in [5.41, 5.74) is 0.0361. The average molecular weight is 632 g/mol. The fraction of sp³-hybridized carbons (Fsp3) is 0.111. The second-order valence-corrected chi connectivity index (χ2v) is 13.3. The third kappa shape index (κ3) is 6.87. The molecule has 0 bridgehead atoms. The Morgan fingerprint density at radius 3 is 1.90 bits per heavy atom. The van der Waals surface area contributed by atoms with Crippen molar-refractivity contribution in [2.45, 2.75) is 4.21 Å². The van der Waals surface area contributed by atoms with E-state index in [1.54, 1.807) is 36.4 Å². The Morgan fingerprint density at radius 1 is 0.833 bits per heavy atom. The van der Waals surface area contributed by atoms with Gasteiger partial charge in [-0.1, -0.05) is 0 Å². The van der Waals surface area contributed by atoms with Crippen LogP contribution in [0.25, 0.3) is 10.4 Å². The highest BCUT2D eigenvalue weighted by Crippen LogP contribution is 2.48. The lowest BCUT2D eigenvalue weighted by molar-refractivity contribution is 0.355. The molecule has 1 aromatic heterocycles.